The number of esters is 1. The van der Waals surface area contributed by atoms with Gasteiger partial charge in [-0.3, -0.25) is 0 Å². The third-order valence-corrected chi connectivity index (χ3v) is 14.2. The summed E-state index contributed by atoms with van der Waals surface area (Å²) >= 11 is 6.16. The van der Waals surface area contributed by atoms with E-state index in [1.165, 1.54) is 23.5 Å². The topological polar surface area (TPSA) is 140 Å². The van der Waals surface area contributed by atoms with Crippen molar-refractivity contribution in [1.29, 1.82) is 0 Å². The van der Waals surface area contributed by atoms with Gasteiger partial charge in [-0.25, -0.2) is 9.69 Å². The van der Waals surface area contributed by atoms with Crippen LogP contribution in [0.5, 0.6) is 11.5 Å². The average molecular weight is 1050 g/mol. The summed E-state index contributed by atoms with van der Waals surface area (Å²) in [6.07, 6.45) is 0. The minimum absolute atomic E-state index is 0.229. The zero-order valence-electron chi connectivity index (χ0n) is 40.2. The third kappa shape index (κ3) is 14.3. The molecule has 2 N–H and O–H groups in total. The normalized spacial score (nSPS) is 10.8. The Morgan fingerprint density at radius 2 is 0.851 bits per heavy atom. The molecule has 7 aromatic carbocycles. The lowest BCUT2D eigenvalue weighted by Crippen LogP contribution is -2.19. The number of nitrogens with zero attached hydrogens (tertiary/aromatic N) is 7. The Morgan fingerprint density at radius 3 is 1.27 bits per heavy atom. The maximum absolute atomic E-state index is 12.3. The molecule has 366 valence electrons. The van der Waals surface area contributed by atoms with Crippen LogP contribution in [0.2, 0.25) is 0 Å². The quantitative estimate of drug-likeness (QED) is 0.0305. The van der Waals surface area contributed by atoms with Crippen molar-refractivity contribution in [2.75, 3.05) is 22.1 Å². The molecule has 0 aliphatic heterocycles. The number of hydrogen-bond donors (Lipinski definition) is 2. The molecule has 16 heteroatoms. The van der Waals surface area contributed by atoms with Gasteiger partial charge >= 0.3 is 5.97 Å². The first-order valence-electron chi connectivity index (χ1n) is 23.0. The molecule has 0 aliphatic carbocycles. The van der Waals surface area contributed by atoms with E-state index in [4.69, 9.17) is 39.4 Å². The Morgan fingerprint density at radius 1 is 0.459 bits per heavy atom. The van der Waals surface area contributed by atoms with E-state index in [-0.39, 0.29) is 23.8 Å². The summed E-state index contributed by atoms with van der Waals surface area (Å²) in [5.41, 5.74) is 4.02. The van der Waals surface area contributed by atoms with Crippen molar-refractivity contribution in [3.05, 3.63) is 225 Å². The van der Waals surface area contributed by atoms with Crippen LogP contribution in [-0.4, -0.2) is 42.5 Å². The van der Waals surface area contributed by atoms with Gasteiger partial charge < -0.3 is 20.1 Å². The van der Waals surface area contributed by atoms with E-state index in [0.29, 0.717) is 45.4 Å². The van der Waals surface area contributed by atoms with E-state index in [2.05, 4.69) is 91.0 Å². The van der Waals surface area contributed by atoms with Crippen LogP contribution in [0.15, 0.2) is 264 Å². The van der Waals surface area contributed by atoms with Crippen LogP contribution in [0.4, 0.5) is 40.9 Å². The average Bonchev–Trinajstić information content (AvgIpc) is 3.41. The van der Waals surface area contributed by atoms with Crippen molar-refractivity contribution in [3.8, 4) is 11.5 Å². The van der Waals surface area contributed by atoms with E-state index in [9.17, 15) is 4.79 Å². The van der Waals surface area contributed by atoms with Crippen molar-refractivity contribution < 1.29 is 14.3 Å². The predicted octanol–water partition coefficient (Wildman–Crippen LogP) is 15.6. The molecule has 0 aliphatic rings. The van der Waals surface area contributed by atoms with Gasteiger partial charge in [0.1, 0.15) is 18.1 Å². The molecule has 12 nitrogen and oxygen atoms in total. The molecular formula is C58H47N9O3S4. The molecular weight excluding hydrogens is 999 g/mol. The van der Waals surface area contributed by atoms with Gasteiger partial charge in [-0.2, -0.15) is 29.9 Å². The number of ether oxygens (including phenoxy) is 2. The molecule has 0 bridgehead atoms. The lowest BCUT2D eigenvalue weighted by Gasteiger charge is -2.22. The van der Waals surface area contributed by atoms with Crippen molar-refractivity contribution >= 4 is 93.9 Å². The Hall–Kier alpha value is -8.15. The van der Waals surface area contributed by atoms with E-state index in [1.807, 2.05) is 110 Å². The molecule has 0 fully saturated rings. The number of anilines is 7. The molecule has 0 unspecified atom stereocenters. The number of carbonyl (C=O) groups excluding carboxylic acids is 1. The summed E-state index contributed by atoms with van der Waals surface area (Å²) in [6, 6.07) is 61.1. The van der Waals surface area contributed by atoms with E-state index in [1.54, 1.807) is 59.6 Å². The van der Waals surface area contributed by atoms with Gasteiger partial charge in [-0.1, -0.05) is 103 Å². The standard InChI is InChI=1S/C58H47N9O3S4/c1-38(2)40(5)37-69-44-25-21-41(22-26-44)59-53-61-55(65-57(63-53)73-50-33-29-48(30-34-50)71-46-17-11-7-12-18-46)67(43-15-9-6-10-16-43)56-62-54(60-42-23-27-45(28-24-42)70-52(68)39(3)4)64-58(66-56)74-51-35-31-49(32-36-51)72-47-19-13-8-14-20-47/h6-36H,1,3,5,37H2,2,4H3,(H,59,61,63,65)(H,60,62,64,66). The number of rotatable bonds is 21. The fourth-order valence-corrected chi connectivity index (χ4v) is 9.75. The summed E-state index contributed by atoms with van der Waals surface area (Å²) < 4.78 is 11.4. The molecule has 9 aromatic rings. The summed E-state index contributed by atoms with van der Waals surface area (Å²) in [6.45, 7) is 15.5. The highest BCUT2D eigenvalue weighted by atomic mass is 32.2. The molecule has 0 atom stereocenters. The SMILES string of the molecule is C=C(C)C(=C)COc1ccc(Nc2nc(Sc3ccc(Sc4ccccc4)cc3)nc(N(c3ccccc3)c3nc(Nc4ccc(OC(=O)C(=C)C)cc4)nc(Sc4ccc(Sc5ccccc5)cc4)n3)n2)cc1. The molecule has 0 saturated carbocycles. The molecule has 0 spiro atoms. The van der Waals surface area contributed by atoms with Gasteiger partial charge in [-0.05, 0) is 176 Å². The number of carbonyl (C=O) groups is 1. The minimum Gasteiger partial charge on any atom is -0.489 e. The largest absolute Gasteiger partial charge is 0.489 e. The van der Waals surface area contributed by atoms with Crippen molar-refractivity contribution in [2.45, 2.75) is 53.5 Å². The smallest absolute Gasteiger partial charge is 0.338 e. The molecule has 0 saturated heterocycles. The predicted molar refractivity (Wildman–Crippen MR) is 300 cm³/mol. The fraction of sp³-hybridized carbons (Fsp3) is 0.0517. The first-order chi connectivity index (χ1) is 36.0. The second kappa shape index (κ2) is 24.5. The maximum Gasteiger partial charge on any atom is 0.338 e. The highest BCUT2D eigenvalue weighted by Crippen LogP contribution is 2.38. The van der Waals surface area contributed by atoms with Gasteiger partial charge in [0.05, 0.1) is 5.69 Å². The monoisotopic (exact) mass is 1050 g/mol. The minimum atomic E-state index is -0.513. The Kier molecular flexibility index (Phi) is 16.8. The van der Waals surface area contributed by atoms with Crippen molar-refractivity contribution in [2.24, 2.45) is 0 Å². The number of para-hydroxylation sites is 1. The van der Waals surface area contributed by atoms with Gasteiger partial charge in [0, 0.05) is 46.3 Å². The number of nitrogens with one attached hydrogen (secondary N) is 2. The highest BCUT2D eigenvalue weighted by Gasteiger charge is 2.24. The summed E-state index contributed by atoms with van der Waals surface area (Å²) in [5, 5.41) is 7.57. The first kappa shape index (κ1) is 50.8. The summed E-state index contributed by atoms with van der Waals surface area (Å²) in [5.74, 6) is 1.52. The summed E-state index contributed by atoms with van der Waals surface area (Å²) in [4.78, 5) is 50.5. The maximum atomic E-state index is 12.3. The van der Waals surface area contributed by atoms with Gasteiger partial charge in [0.2, 0.25) is 23.8 Å². The lowest BCUT2D eigenvalue weighted by atomic mass is 10.2. The van der Waals surface area contributed by atoms with Crippen molar-refractivity contribution in [3.63, 3.8) is 0 Å². The van der Waals surface area contributed by atoms with Crippen LogP contribution >= 0.6 is 47.0 Å². The molecule has 9 rings (SSSR count). The van der Waals surface area contributed by atoms with E-state index in [0.717, 1.165) is 46.2 Å². The number of benzene rings is 7. The Balaban J connectivity index is 1.09. The molecule has 2 aromatic heterocycles. The number of aromatic nitrogens is 6. The van der Waals surface area contributed by atoms with Gasteiger partial charge in [-0.15, -0.1) is 0 Å². The van der Waals surface area contributed by atoms with Crippen LogP contribution in [0.25, 0.3) is 0 Å². The molecule has 0 amide bonds. The van der Waals surface area contributed by atoms with Crippen LogP contribution in [0.1, 0.15) is 13.8 Å². The Bertz CT molecular complexity index is 3390. The van der Waals surface area contributed by atoms with Crippen LogP contribution in [0.3, 0.4) is 0 Å². The fourth-order valence-electron chi connectivity index (χ4n) is 6.59. The Labute approximate surface area is 447 Å². The van der Waals surface area contributed by atoms with Crippen molar-refractivity contribution in [1.82, 2.24) is 29.9 Å². The molecule has 74 heavy (non-hydrogen) atoms. The summed E-state index contributed by atoms with van der Waals surface area (Å²) in [7, 11) is 0. The van der Waals surface area contributed by atoms with E-state index >= 15 is 0 Å². The van der Waals surface area contributed by atoms with Crippen LogP contribution in [-0.2, 0) is 4.79 Å². The lowest BCUT2D eigenvalue weighted by molar-refractivity contribution is -0.130. The second-order valence-electron chi connectivity index (χ2n) is 16.3. The molecule has 0 radical (unpaired) electrons. The first-order valence-corrected chi connectivity index (χ1v) is 26.3. The highest BCUT2D eigenvalue weighted by molar-refractivity contribution is 8.00. The van der Waals surface area contributed by atoms with Crippen LogP contribution in [0, 0.1) is 0 Å². The molecule has 2 heterocycles. The van der Waals surface area contributed by atoms with E-state index < -0.39 is 5.97 Å². The third-order valence-electron chi connectivity index (χ3n) is 10.4. The van der Waals surface area contributed by atoms with Gasteiger partial charge in [0.15, 0.2) is 10.3 Å². The zero-order valence-corrected chi connectivity index (χ0v) is 43.5. The van der Waals surface area contributed by atoms with Gasteiger partial charge in [0.25, 0.3) is 0 Å². The zero-order chi connectivity index (χ0) is 51.2. The number of hydrogen-bond acceptors (Lipinski definition) is 16. The second-order valence-corrected chi connectivity index (χ2v) is 20.6. The van der Waals surface area contributed by atoms with Crippen LogP contribution < -0.4 is 25.0 Å².